The smallest absolute Gasteiger partial charge is 0.363 e. The lowest BCUT2D eigenvalue weighted by atomic mass is 10.2. The van der Waals surface area contributed by atoms with Crippen molar-refractivity contribution in [3.8, 4) is 0 Å². The molecule has 0 atom stereocenters. The van der Waals surface area contributed by atoms with Crippen molar-refractivity contribution in [1.82, 2.24) is 0 Å². The van der Waals surface area contributed by atoms with Gasteiger partial charge in [-0.2, -0.15) is 0 Å². The number of benzene rings is 2. The normalized spacial score (nSPS) is 16.0. The van der Waals surface area contributed by atoms with Gasteiger partial charge in [-0.15, -0.1) is 0 Å². The zero-order valence-corrected chi connectivity index (χ0v) is 14.5. The maximum Gasteiger partial charge on any atom is 0.363 e. The monoisotopic (exact) mass is 453 g/mol. The summed E-state index contributed by atoms with van der Waals surface area (Å²) in [6.07, 6.45) is 1.72. The van der Waals surface area contributed by atoms with E-state index in [1.54, 1.807) is 6.08 Å². The third-order valence-electron chi connectivity index (χ3n) is 2.90. The van der Waals surface area contributed by atoms with Gasteiger partial charge in [-0.05, 0) is 58.5 Å². The molecule has 3 nitrogen and oxygen atoms in total. The van der Waals surface area contributed by atoms with Gasteiger partial charge in [0, 0.05) is 8.04 Å². The van der Waals surface area contributed by atoms with E-state index in [0.29, 0.717) is 11.6 Å². The number of ether oxygens (including phenoxy) is 1. The van der Waals surface area contributed by atoms with Gasteiger partial charge in [0.2, 0.25) is 5.90 Å². The molecule has 0 N–H and O–H groups in total. The average molecular weight is 454 g/mol. The van der Waals surface area contributed by atoms with Crippen LogP contribution in [-0.4, -0.2) is 11.9 Å². The van der Waals surface area contributed by atoms with Gasteiger partial charge in [0.15, 0.2) is 5.70 Å². The predicted octanol–water partition coefficient (Wildman–Crippen LogP) is 4.40. The molecule has 0 radical (unpaired) electrons. The fraction of sp³-hybridized carbons (Fsp3) is 0. The van der Waals surface area contributed by atoms with Crippen molar-refractivity contribution in [2.24, 2.45) is 4.99 Å². The van der Waals surface area contributed by atoms with Crippen LogP contribution in [0.3, 0.4) is 0 Å². The first-order chi connectivity index (χ1) is 10.1. The Bertz CT molecular complexity index is 766. The predicted molar refractivity (Wildman–Crippen MR) is 93.9 cm³/mol. The summed E-state index contributed by atoms with van der Waals surface area (Å²) < 4.78 is 7.25. The van der Waals surface area contributed by atoms with Crippen LogP contribution in [0.5, 0.6) is 0 Å². The van der Waals surface area contributed by atoms with E-state index in [9.17, 15) is 4.79 Å². The van der Waals surface area contributed by atoms with E-state index in [4.69, 9.17) is 4.74 Å². The second kappa shape index (κ2) is 6.11. The highest BCUT2D eigenvalue weighted by molar-refractivity contribution is 14.1. The highest BCUT2D eigenvalue weighted by atomic mass is 127. The highest BCUT2D eigenvalue weighted by Crippen LogP contribution is 2.22. The summed E-state index contributed by atoms with van der Waals surface area (Å²) in [7, 11) is 0. The van der Waals surface area contributed by atoms with E-state index in [0.717, 1.165) is 19.2 Å². The first kappa shape index (κ1) is 14.5. The quantitative estimate of drug-likeness (QED) is 0.384. The molecule has 0 amide bonds. The molecular weight excluding hydrogens is 445 g/mol. The number of halogens is 2. The third-order valence-corrected chi connectivity index (χ3v) is 4.37. The number of rotatable bonds is 2. The molecule has 1 aliphatic rings. The Morgan fingerprint density at radius 1 is 1.10 bits per heavy atom. The van der Waals surface area contributed by atoms with Crippen molar-refractivity contribution in [3.05, 3.63) is 73.4 Å². The van der Waals surface area contributed by atoms with Crippen molar-refractivity contribution < 1.29 is 9.53 Å². The number of carbonyl (C=O) groups excluding carboxylic acids is 1. The molecule has 0 fully saturated rings. The van der Waals surface area contributed by atoms with Gasteiger partial charge in [-0.3, -0.25) is 0 Å². The van der Waals surface area contributed by atoms with Gasteiger partial charge in [-0.1, -0.05) is 40.2 Å². The van der Waals surface area contributed by atoms with Crippen molar-refractivity contribution in [3.63, 3.8) is 0 Å². The van der Waals surface area contributed by atoms with Crippen LogP contribution < -0.4 is 0 Å². The first-order valence-corrected chi connectivity index (χ1v) is 8.04. The van der Waals surface area contributed by atoms with Crippen molar-refractivity contribution in [2.75, 3.05) is 0 Å². The summed E-state index contributed by atoms with van der Waals surface area (Å²) in [4.78, 5) is 16.2. The Morgan fingerprint density at radius 2 is 1.81 bits per heavy atom. The second-order valence-electron chi connectivity index (χ2n) is 4.37. The van der Waals surface area contributed by atoms with Crippen molar-refractivity contribution in [2.45, 2.75) is 0 Å². The molecule has 0 bridgehead atoms. The summed E-state index contributed by atoms with van der Waals surface area (Å²) in [6, 6.07) is 15.3. The number of aliphatic imine (C=N–C) groups is 1. The molecular formula is C16H9BrINO2. The standard InChI is InChI=1S/C16H9BrINO2/c17-11-7-5-10(6-8-11)9-14-16(20)21-15(19-14)12-3-1-2-4-13(12)18/h1-9H/b14-9-. The lowest BCUT2D eigenvalue weighted by Gasteiger charge is -2.01. The molecule has 0 saturated carbocycles. The molecule has 104 valence electrons. The average Bonchev–Trinajstić information content (AvgIpc) is 2.83. The molecule has 1 heterocycles. The van der Waals surface area contributed by atoms with Crippen LogP contribution in [0.15, 0.2) is 63.7 Å². The maximum atomic E-state index is 11.9. The lowest BCUT2D eigenvalue weighted by Crippen LogP contribution is -2.06. The van der Waals surface area contributed by atoms with E-state index in [1.165, 1.54) is 0 Å². The molecule has 0 aliphatic carbocycles. The maximum absolute atomic E-state index is 11.9. The molecule has 0 aromatic heterocycles. The van der Waals surface area contributed by atoms with Crippen LogP contribution in [0, 0.1) is 3.57 Å². The number of nitrogens with zero attached hydrogens (tertiary/aromatic N) is 1. The SMILES string of the molecule is O=C1OC(c2ccccc2I)=N/C1=C\c1ccc(Br)cc1. The van der Waals surface area contributed by atoms with E-state index in [-0.39, 0.29) is 0 Å². The Kier molecular flexibility index (Phi) is 4.21. The summed E-state index contributed by atoms with van der Waals surface area (Å²) >= 11 is 5.57. The van der Waals surface area contributed by atoms with Crippen molar-refractivity contribution in [1.29, 1.82) is 0 Å². The summed E-state index contributed by atoms with van der Waals surface area (Å²) in [5.41, 5.74) is 2.04. The molecule has 5 heteroatoms. The molecule has 1 aliphatic heterocycles. The van der Waals surface area contributed by atoms with E-state index >= 15 is 0 Å². The zero-order chi connectivity index (χ0) is 14.8. The molecule has 3 rings (SSSR count). The van der Waals surface area contributed by atoms with Gasteiger partial charge in [0.05, 0.1) is 5.56 Å². The van der Waals surface area contributed by atoms with Crippen molar-refractivity contribution >= 4 is 56.5 Å². The summed E-state index contributed by atoms with van der Waals surface area (Å²) in [6.45, 7) is 0. The van der Waals surface area contributed by atoms with Gasteiger partial charge in [0.25, 0.3) is 0 Å². The minimum absolute atomic E-state index is 0.312. The van der Waals surface area contributed by atoms with E-state index in [1.807, 2.05) is 48.5 Å². The van der Waals surface area contributed by atoms with Crippen LogP contribution in [0.25, 0.3) is 6.08 Å². The first-order valence-electron chi connectivity index (χ1n) is 6.16. The topological polar surface area (TPSA) is 38.7 Å². The molecule has 0 saturated heterocycles. The summed E-state index contributed by atoms with van der Waals surface area (Å²) in [5.74, 6) is -0.0686. The number of esters is 1. The molecule has 2 aromatic carbocycles. The van der Waals surface area contributed by atoms with Gasteiger partial charge in [-0.25, -0.2) is 9.79 Å². The largest absolute Gasteiger partial charge is 0.402 e. The molecule has 21 heavy (non-hydrogen) atoms. The fourth-order valence-corrected chi connectivity index (χ4v) is 2.76. The molecule has 0 spiro atoms. The lowest BCUT2D eigenvalue weighted by molar-refractivity contribution is -0.129. The third kappa shape index (κ3) is 3.24. The van der Waals surface area contributed by atoms with Gasteiger partial charge in [0.1, 0.15) is 0 Å². The number of hydrogen-bond acceptors (Lipinski definition) is 3. The second-order valence-corrected chi connectivity index (χ2v) is 6.45. The highest BCUT2D eigenvalue weighted by Gasteiger charge is 2.25. The van der Waals surface area contributed by atoms with Crippen LogP contribution in [0.4, 0.5) is 0 Å². The number of carbonyl (C=O) groups is 1. The van der Waals surface area contributed by atoms with E-state index in [2.05, 4.69) is 43.5 Å². The molecule has 2 aromatic rings. The number of hydrogen-bond donors (Lipinski definition) is 0. The molecule has 0 unspecified atom stereocenters. The number of cyclic esters (lactones) is 1. The Balaban J connectivity index is 1.96. The Labute approximate surface area is 144 Å². The Morgan fingerprint density at radius 3 is 2.52 bits per heavy atom. The fourth-order valence-electron chi connectivity index (χ4n) is 1.88. The van der Waals surface area contributed by atoms with Crippen LogP contribution >= 0.6 is 38.5 Å². The minimum Gasteiger partial charge on any atom is -0.402 e. The van der Waals surface area contributed by atoms with Gasteiger partial charge < -0.3 is 4.74 Å². The van der Waals surface area contributed by atoms with Crippen LogP contribution in [0.2, 0.25) is 0 Å². The minimum atomic E-state index is -0.424. The van der Waals surface area contributed by atoms with Gasteiger partial charge >= 0.3 is 5.97 Å². The van der Waals surface area contributed by atoms with Crippen LogP contribution in [0.1, 0.15) is 11.1 Å². The van der Waals surface area contributed by atoms with E-state index < -0.39 is 5.97 Å². The van der Waals surface area contributed by atoms with Crippen LogP contribution in [-0.2, 0) is 9.53 Å². The Hall–Kier alpha value is -1.47. The summed E-state index contributed by atoms with van der Waals surface area (Å²) in [5, 5.41) is 0. The zero-order valence-electron chi connectivity index (χ0n) is 10.7.